The number of carbonyl (C=O) groups excluding carboxylic acids is 1. The molecule has 0 aliphatic heterocycles. The van der Waals surface area contributed by atoms with Crippen molar-refractivity contribution in [2.24, 2.45) is 0 Å². The molecule has 0 spiro atoms. The number of hydrogen-bond donors (Lipinski definition) is 2. The molecule has 0 fully saturated rings. The van der Waals surface area contributed by atoms with E-state index in [1.807, 2.05) is 0 Å². The Labute approximate surface area is 108 Å². The number of rotatable bonds is 4. The molecule has 1 amide bonds. The third-order valence-electron chi connectivity index (χ3n) is 2.48. The molecular formula is C12H15F3N2O2. The lowest BCUT2D eigenvalue weighted by atomic mass is 10.1. The summed E-state index contributed by atoms with van der Waals surface area (Å²) in [6.45, 7) is 1.62. The molecule has 0 radical (unpaired) electrons. The lowest BCUT2D eigenvalue weighted by Crippen LogP contribution is -2.36. The number of nitrogens with one attached hydrogen (secondary N) is 1. The number of nitrogens with two attached hydrogens (primary N) is 1. The topological polar surface area (TPSA) is 64.3 Å². The Balaban J connectivity index is 2.58. The number of amides is 1. The highest BCUT2D eigenvalue weighted by Gasteiger charge is 2.27. The molecule has 0 saturated heterocycles. The first-order chi connectivity index (χ1) is 8.70. The van der Waals surface area contributed by atoms with Crippen LogP contribution in [0.3, 0.4) is 0 Å². The van der Waals surface area contributed by atoms with Gasteiger partial charge in [0.2, 0.25) is 0 Å². The number of nitrogen functional groups attached to an aromatic ring is 1. The predicted octanol–water partition coefficient (Wildman–Crippen LogP) is 1.94. The molecular weight excluding hydrogens is 261 g/mol. The van der Waals surface area contributed by atoms with E-state index in [1.165, 1.54) is 0 Å². The van der Waals surface area contributed by atoms with E-state index < -0.39 is 25.2 Å². The second-order valence-electron chi connectivity index (χ2n) is 4.11. The van der Waals surface area contributed by atoms with Gasteiger partial charge in [-0.2, -0.15) is 13.2 Å². The molecule has 1 aromatic rings. The Morgan fingerprint density at radius 3 is 2.58 bits per heavy atom. The Morgan fingerprint density at radius 1 is 1.37 bits per heavy atom. The molecule has 0 heterocycles. The number of hydrogen-bond acceptors (Lipinski definition) is 3. The summed E-state index contributed by atoms with van der Waals surface area (Å²) < 4.78 is 40.9. The number of anilines is 1. The van der Waals surface area contributed by atoms with Crippen molar-refractivity contribution in [1.29, 1.82) is 0 Å². The minimum atomic E-state index is -4.43. The van der Waals surface area contributed by atoms with E-state index in [-0.39, 0.29) is 0 Å². The Bertz CT molecular complexity index is 473. The highest BCUT2D eigenvalue weighted by Crippen LogP contribution is 2.27. The van der Waals surface area contributed by atoms with Gasteiger partial charge in [0.15, 0.2) is 6.61 Å². The average Bonchev–Trinajstić information content (AvgIpc) is 2.30. The minimum absolute atomic E-state index is 0.419. The van der Waals surface area contributed by atoms with Crippen LogP contribution in [0.15, 0.2) is 12.1 Å². The highest BCUT2D eigenvalue weighted by atomic mass is 19.4. The lowest BCUT2D eigenvalue weighted by Gasteiger charge is -2.14. The number of carbonyl (C=O) groups is 1. The van der Waals surface area contributed by atoms with Gasteiger partial charge in [0.05, 0.1) is 0 Å². The standard InChI is InChI=1S/C12H15F3N2O2/c1-7-3-4-9(16)8(2)11(7)19-5-10(18)17-6-12(13,14)15/h3-4H,5-6,16H2,1-2H3,(H,17,18). The summed E-state index contributed by atoms with van der Waals surface area (Å²) in [5.74, 6) is -0.416. The summed E-state index contributed by atoms with van der Waals surface area (Å²) in [6.07, 6.45) is -4.43. The van der Waals surface area contributed by atoms with Crippen LogP contribution in [0.5, 0.6) is 5.75 Å². The fourth-order valence-electron chi connectivity index (χ4n) is 1.45. The van der Waals surface area contributed by atoms with Crippen molar-refractivity contribution in [3.05, 3.63) is 23.3 Å². The molecule has 19 heavy (non-hydrogen) atoms. The first-order valence-electron chi connectivity index (χ1n) is 5.52. The summed E-state index contributed by atoms with van der Waals surface area (Å²) >= 11 is 0. The van der Waals surface area contributed by atoms with Crippen molar-refractivity contribution in [3.8, 4) is 5.75 Å². The van der Waals surface area contributed by atoms with Crippen LogP contribution < -0.4 is 15.8 Å². The summed E-state index contributed by atoms with van der Waals surface area (Å²) in [5, 5.41) is 1.73. The van der Waals surface area contributed by atoms with Crippen LogP contribution in [0, 0.1) is 13.8 Å². The van der Waals surface area contributed by atoms with Gasteiger partial charge in [-0.15, -0.1) is 0 Å². The van der Waals surface area contributed by atoms with E-state index in [0.717, 1.165) is 5.56 Å². The number of aryl methyl sites for hydroxylation is 1. The molecule has 1 rings (SSSR count). The van der Waals surface area contributed by atoms with Crippen LogP contribution in [-0.4, -0.2) is 25.2 Å². The third-order valence-corrected chi connectivity index (χ3v) is 2.48. The smallest absolute Gasteiger partial charge is 0.405 e. The number of halogens is 3. The zero-order chi connectivity index (χ0) is 14.6. The van der Waals surface area contributed by atoms with Gasteiger partial charge in [0.1, 0.15) is 12.3 Å². The summed E-state index contributed by atoms with van der Waals surface area (Å²) in [5.41, 5.74) is 7.59. The first kappa shape index (κ1) is 15.1. The third kappa shape index (κ3) is 4.69. The van der Waals surface area contributed by atoms with Crippen LogP contribution in [-0.2, 0) is 4.79 Å². The van der Waals surface area contributed by atoms with Crippen LogP contribution >= 0.6 is 0 Å². The molecule has 7 heteroatoms. The monoisotopic (exact) mass is 276 g/mol. The SMILES string of the molecule is Cc1ccc(N)c(C)c1OCC(=O)NCC(F)(F)F. The van der Waals surface area contributed by atoms with Gasteiger partial charge >= 0.3 is 6.18 Å². The zero-order valence-electron chi connectivity index (χ0n) is 10.6. The van der Waals surface area contributed by atoms with Crippen LogP contribution in [0.4, 0.5) is 18.9 Å². The van der Waals surface area contributed by atoms with Crippen molar-refractivity contribution in [2.45, 2.75) is 20.0 Å². The maximum absolute atomic E-state index is 11.9. The summed E-state index contributed by atoms with van der Waals surface area (Å²) in [7, 11) is 0. The maximum atomic E-state index is 11.9. The number of alkyl halides is 3. The van der Waals surface area contributed by atoms with Gasteiger partial charge in [-0.25, -0.2) is 0 Å². The molecule has 0 aromatic heterocycles. The Morgan fingerprint density at radius 2 is 2.00 bits per heavy atom. The Kier molecular flexibility index (Phi) is 4.63. The fraction of sp³-hybridized carbons (Fsp3) is 0.417. The van der Waals surface area contributed by atoms with E-state index in [2.05, 4.69) is 0 Å². The van der Waals surface area contributed by atoms with Crippen LogP contribution in [0.1, 0.15) is 11.1 Å². The van der Waals surface area contributed by atoms with Crippen molar-refractivity contribution in [3.63, 3.8) is 0 Å². The quantitative estimate of drug-likeness (QED) is 0.826. The van der Waals surface area contributed by atoms with Crippen molar-refractivity contribution >= 4 is 11.6 Å². The molecule has 4 nitrogen and oxygen atoms in total. The molecule has 1 aromatic carbocycles. The molecule has 0 saturated carbocycles. The van der Waals surface area contributed by atoms with Gasteiger partial charge in [-0.3, -0.25) is 4.79 Å². The summed E-state index contributed by atoms with van der Waals surface area (Å²) in [4.78, 5) is 11.2. The molecule has 106 valence electrons. The van der Waals surface area contributed by atoms with E-state index >= 15 is 0 Å². The number of ether oxygens (including phenoxy) is 1. The largest absolute Gasteiger partial charge is 0.483 e. The van der Waals surface area contributed by atoms with E-state index in [1.54, 1.807) is 31.3 Å². The van der Waals surface area contributed by atoms with Gasteiger partial charge in [0, 0.05) is 11.3 Å². The van der Waals surface area contributed by atoms with Gasteiger partial charge in [-0.05, 0) is 25.5 Å². The average molecular weight is 276 g/mol. The molecule has 0 bridgehead atoms. The fourth-order valence-corrected chi connectivity index (χ4v) is 1.45. The first-order valence-corrected chi connectivity index (χ1v) is 5.52. The van der Waals surface area contributed by atoms with Crippen molar-refractivity contribution < 1.29 is 22.7 Å². The lowest BCUT2D eigenvalue weighted by molar-refractivity contribution is -0.139. The number of benzene rings is 1. The van der Waals surface area contributed by atoms with Crippen LogP contribution in [0.2, 0.25) is 0 Å². The van der Waals surface area contributed by atoms with E-state index in [4.69, 9.17) is 10.5 Å². The minimum Gasteiger partial charge on any atom is -0.483 e. The Hall–Kier alpha value is -1.92. The normalized spacial score (nSPS) is 11.2. The zero-order valence-corrected chi connectivity index (χ0v) is 10.6. The van der Waals surface area contributed by atoms with Gasteiger partial charge < -0.3 is 15.8 Å². The molecule has 0 aliphatic carbocycles. The maximum Gasteiger partial charge on any atom is 0.405 e. The van der Waals surface area contributed by atoms with E-state index in [9.17, 15) is 18.0 Å². The highest BCUT2D eigenvalue weighted by molar-refractivity contribution is 5.77. The van der Waals surface area contributed by atoms with Crippen LogP contribution in [0.25, 0.3) is 0 Å². The molecule has 0 aliphatic rings. The second kappa shape index (κ2) is 5.81. The van der Waals surface area contributed by atoms with Crippen molar-refractivity contribution in [2.75, 3.05) is 18.9 Å². The van der Waals surface area contributed by atoms with Crippen molar-refractivity contribution in [1.82, 2.24) is 5.32 Å². The predicted molar refractivity (Wildman–Crippen MR) is 64.9 cm³/mol. The van der Waals surface area contributed by atoms with Gasteiger partial charge in [0.25, 0.3) is 5.91 Å². The molecule has 3 N–H and O–H groups in total. The molecule has 0 atom stereocenters. The van der Waals surface area contributed by atoms with Gasteiger partial charge in [-0.1, -0.05) is 6.07 Å². The van der Waals surface area contributed by atoms with E-state index in [0.29, 0.717) is 17.0 Å². The second-order valence-corrected chi connectivity index (χ2v) is 4.11. The summed E-state index contributed by atoms with van der Waals surface area (Å²) in [6, 6.07) is 3.41. The molecule has 0 unspecified atom stereocenters.